The first-order valence-corrected chi connectivity index (χ1v) is 9.82. The highest BCUT2D eigenvalue weighted by atomic mass is 16.6. The average molecular weight is 348 g/mol. The zero-order valence-corrected chi connectivity index (χ0v) is 15.6. The van der Waals surface area contributed by atoms with Gasteiger partial charge < -0.3 is 10.6 Å². The van der Waals surface area contributed by atoms with Gasteiger partial charge in [0, 0.05) is 11.1 Å². The van der Waals surface area contributed by atoms with Gasteiger partial charge in [0.2, 0.25) is 0 Å². The second kappa shape index (κ2) is 7.14. The van der Waals surface area contributed by atoms with E-state index in [9.17, 15) is 0 Å². The minimum atomic E-state index is 0.188. The fourth-order valence-corrected chi connectivity index (χ4v) is 5.07. The molecule has 2 aliphatic carbocycles. The number of fused-ring (bicyclic) bond motifs is 3. The number of anilines is 1. The van der Waals surface area contributed by atoms with Gasteiger partial charge in [0.15, 0.2) is 0 Å². The Balaban J connectivity index is 1.73. The Kier molecular flexibility index (Phi) is 4.71. The lowest BCUT2D eigenvalue weighted by Crippen LogP contribution is -2.46. The highest BCUT2D eigenvalue weighted by molar-refractivity contribution is 5.85. The van der Waals surface area contributed by atoms with Crippen LogP contribution in [0, 0.1) is 5.92 Å². The van der Waals surface area contributed by atoms with Gasteiger partial charge in [-0.1, -0.05) is 41.6 Å². The van der Waals surface area contributed by atoms with Crippen molar-refractivity contribution in [1.29, 1.82) is 0 Å². The van der Waals surface area contributed by atoms with Crippen LogP contribution < -0.4 is 5.73 Å². The van der Waals surface area contributed by atoms with Crippen LogP contribution in [0.5, 0.6) is 0 Å². The molecule has 2 aliphatic rings. The Labute approximate surface area is 156 Å². The van der Waals surface area contributed by atoms with Crippen molar-refractivity contribution >= 4 is 11.4 Å². The van der Waals surface area contributed by atoms with Crippen molar-refractivity contribution in [2.24, 2.45) is 11.1 Å². The molecule has 0 radical (unpaired) electrons. The molecule has 2 atom stereocenters. The van der Waals surface area contributed by atoms with Crippen molar-refractivity contribution < 1.29 is 4.84 Å². The Hall–Kier alpha value is -2.29. The number of benzene rings is 2. The second-order valence-corrected chi connectivity index (χ2v) is 7.75. The van der Waals surface area contributed by atoms with Crippen LogP contribution in [-0.4, -0.2) is 12.3 Å². The lowest BCUT2D eigenvalue weighted by atomic mass is 9.55. The monoisotopic (exact) mass is 348 g/mol. The van der Waals surface area contributed by atoms with Gasteiger partial charge in [0.1, 0.15) is 6.61 Å². The van der Waals surface area contributed by atoms with Gasteiger partial charge >= 0.3 is 0 Å². The van der Waals surface area contributed by atoms with Crippen molar-refractivity contribution in [2.75, 3.05) is 12.3 Å². The summed E-state index contributed by atoms with van der Waals surface area (Å²) in [6.45, 7) is 2.64. The summed E-state index contributed by atoms with van der Waals surface area (Å²) < 4.78 is 0. The molecule has 0 aliphatic heterocycles. The van der Waals surface area contributed by atoms with Crippen LogP contribution >= 0.6 is 0 Å². The maximum atomic E-state index is 6.07. The van der Waals surface area contributed by atoms with Gasteiger partial charge in [-0.2, -0.15) is 0 Å². The summed E-state index contributed by atoms with van der Waals surface area (Å²) in [5, 5.41) is 4.40. The summed E-state index contributed by atoms with van der Waals surface area (Å²) in [6.07, 6.45) is 6.66. The van der Waals surface area contributed by atoms with Crippen LogP contribution in [0.1, 0.15) is 49.3 Å². The summed E-state index contributed by atoms with van der Waals surface area (Å²) in [5.41, 5.74) is 12.8. The van der Waals surface area contributed by atoms with Gasteiger partial charge in [-0.3, -0.25) is 0 Å². The Morgan fingerprint density at radius 2 is 2.04 bits per heavy atom. The normalized spacial score (nSPS) is 26.2. The van der Waals surface area contributed by atoms with E-state index >= 15 is 0 Å². The Morgan fingerprint density at radius 3 is 2.88 bits per heavy atom. The maximum absolute atomic E-state index is 6.07. The van der Waals surface area contributed by atoms with Crippen LogP contribution in [0.4, 0.5) is 5.69 Å². The molecular weight excluding hydrogens is 320 g/mol. The number of hydrogen-bond donors (Lipinski definition) is 1. The summed E-state index contributed by atoms with van der Waals surface area (Å²) >= 11 is 0. The summed E-state index contributed by atoms with van der Waals surface area (Å²) in [6, 6.07) is 17.5. The molecular formula is C23H28N2O. The lowest BCUT2D eigenvalue weighted by molar-refractivity contribution is 0.149. The van der Waals surface area contributed by atoms with Crippen molar-refractivity contribution in [3.8, 4) is 0 Å². The second-order valence-electron chi connectivity index (χ2n) is 7.75. The quantitative estimate of drug-likeness (QED) is 0.632. The number of nitrogens with zero attached hydrogens (tertiary/aromatic N) is 1. The third-order valence-corrected chi connectivity index (χ3v) is 6.23. The third-order valence-electron chi connectivity index (χ3n) is 6.23. The molecule has 0 saturated heterocycles. The van der Waals surface area contributed by atoms with Crippen LogP contribution in [0.15, 0.2) is 53.7 Å². The van der Waals surface area contributed by atoms with Crippen LogP contribution in [0.25, 0.3) is 0 Å². The fraction of sp³-hybridized carbons (Fsp3) is 0.435. The van der Waals surface area contributed by atoms with Crippen LogP contribution in [0.2, 0.25) is 0 Å². The van der Waals surface area contributed by atoms with E-state index < -0.39 is 0 Å². The molecule has 0 amide bonds. The van der Waals surface area contributed by atoms with Crippen molar-refractivity contribution in [3.63, 3.8) is 0 Å². The van der Waals surface area contributed by atoms with E-state index in [1.807, 2.05) is 13.0 Å². The molecule has 136 valence electrons. The number of nitrogens with two attached hydrogens (primary N) is 1. The predicted octanol–water partition coefficient (Wildman–Crippen LogP) is 4.89. The molecule has 3 heteroatoms. The average Bonchev–Trinajstić information content (AvgIpc) is 2.66. The van der Waals surface area contributed by atoms with Gasteiger partial charge in [-0.25, -0.2) is 0 Å². The Bertz CT molecular complexity index is 813. The van der Waals surface area contributed by atoms with E-state index in [4.69, 9.17) is 10.6 Å². The first kappa shape index (κ1) is 17.1. The fourth-order valence-electron chi connectivity index (χ4n) is 5.07. The topological polar surface area (TPSA) is 47.6 Å². The summed E-state index contributed by atoms with van der Waals surface area (Å²) in [7, 11) is 0. The number of oxime groups is 1. The molecule has 0 heterocycles. The van der Waals surface area contributed by atoms with Crippen molar-refractivity contribution in [3.05, 3.63) is 65.2 Å². The number of rotatable bonds is 4. The molecule has 1 saturated carbocycles. The van der Waals surface area contributed by atoms with E-state index in [2.05, 4.69) is 47.6 Å². The van der Waals surface area contributed by atoms with Gasteiger partial charge in [0.05, 0.1) is 5.71 Å². The maximum Gasteiger partial charge on any atom is 0.114 e. The molecule has 0 aromatic heterocycles. The number of hydrogen-bond acceptors (Lipinski definition) is 3. The van der Waals surface area contributed by atoms with E-state index in [-0.39, 0.29) is 5.41 Å². The molecule has 1 fully saturated rings. The Morgan fingerprint density at radius 1 is 1.15 bits per heavy atom. The molecule has 3 nitrogen and oxygen atoms in total. The predicted molar refractivity (Wildman–Crippen MR) is 107 cm³/mol. The standard InChI is InChI=1S/C23H28N2O/c1-2-26-25-21-12-13-23(16-17-6-5-8-20(24)14-17)19(15-21)11-10-18-7-3-4-9-22(18)23/h3-9,14,19H,2,10-13,15-16,24H2,1H3/b25-21-. The molecule has 0 spiro atoms. The molecule has 0 bridgehead atoms. The molecule has 2 N–H and O–H groups in total. The molecule has 4 rings (SSSR count). The summed E-state index contributed by atoms with van der Waals surface area (Å²) in [4.78, 5) is 5.36. The SMILES string of the molecule is CCO/N=C1/CCC2(Cc3cccc(N)c3)c3ccccc3CCC2C1. The van der Waals surface area contributed by atoms with E-state index in [0.29, 0.717) is 12.5 Å². The first-order valence-electron chi connectivity index (χ1n) is 9.82. The zero-order chi connectivity index (χ0) is 18.0. The highest BCUT2D eigenvalue weighted by Crippen LogP contribution is 2.51. The van der Waals surface area contributed by atoms with Crippen LogP contribution in [0.3, 0.4) is 0 Å². The number of aryl methyl sites for hydroxylation is 1. The molecule has 2 aromatic rings. The zero-order valence-electron chi connectivity index (χ0n) is 15.6. The smallest absolute Gasteiger partial charge is 0.114 e. The van der Waals surface area contributed by atoms with Crippen molar-refractivity contribution in [2.45, 2.75) is 50.9 Å². The molecule has 2 unspecified atom stereocenters. The van der Waals surface area contributed by atoms with Gasteiger partial charge in [-0.05, 0) is 80.2 Å². The molecule has 2 aromatic carbocycles. The van der Waals surface area contributed by atoms with Crippen LogP contribution in [-0.2, 0) is 23.1 Å². The van der Waals surface area contributed by atoms with Gasteiger partial charge in [0.25, 0.3) is 0 Å². The lowest BCUT2D eigenvalue weighted by Gasteiger charge is -2.49. The van der Waals surface area contributed by atoms with E-state index in [1.165, 1.54) is 29.7 Å². The first-order chi connectivity index (χ1) is 12.7. The van der Waals surface area contributed by atoms with Gasteiger partial charge in [-0.15, -0.1) is 0 Å². The third kappa shape index (κ3) is 3.11. The number of nitrogen functional groups attached to an aromatic ring is 1. The molecule has 26 heavy (non-hydrogen) atoms. The largest absolute Gasteiger partial charge is 0.399 e. The minimum Gasteiger partial charge on any atom is -0.399 e. The summed E-state index contributed by atoms with van der Waals surface area (Å²) in [5.74, 6) is 0.617. The van der Waals surface area contributed by atoms with Crippen molar-refractivity contribution in [1.82, 2.24) is 0 Å². The highest BCUT2D eigenvalue weighted by Gasteiger charge is 2.46. The van der Waals surface area contributed by atoms with E-state index in [1.54, 1.807) is 5.56 Å². The van der Waals surface area contributed by atoms with E-state index in [0.717, 1.165) is 31.4 Å². The minimum absolute atomic E-state index is 0.188.